The molecule has 0 aliphatic carbocycles. The highest BCUT2D eigenvalue weighted by Crippen LogP contribution is 2.47. The van der Waals surface area contributed by atoms with Gasteiger partial charge in [0, 0.05) is 17.0 Å². The average molecular weight is 450 g/mol. The quantitative estimate of drug-likeness (QED) is 0.442. The number of hydrogen-bond donors (Lipinski definition) is 0. The molecule has 32 heavy (non-hydrogen) atoms. The van der Waals surface area contributed by atoms with E-state index < -0.39 is 23.7 Å². The minimum Gasteiger partial charge on any atom is -0.464 e. The first-order chi connectivity index (χ1) is 15.6. The summed E-state index contributed by atoms with van der Waals surface area (Å²) >= 11 is 6.51. The number of esters is 1. The second-order valence-corrected chi connectivity index (χ2v) is 8.07. The molecule has 3 aromatic carbocycles. The molecule has 0 saturated carbocycles. The van der Waals surface area contributed by atoms with Crippen molar-refractivity contribution in [3.63, 3.8) is 0 Å². The molecular formula is C26H24ClNO4. The molecule has 0 spiro atoms. The van der Waals surface area contributed by atoms with E-state index >= 15 is 0 Å². The van der Waals surface area contributed by atoms with Crippen molar-refractivity contribution in [1.29, 1.82) is 0 Å². The van der Waals surface area contributed by atoms with Crippen LogP contribution in [0.3, 0.4) is 0 Å². The molecule has 164 valence electrons. The number of halogens is 1. The van der Waals surface area contributed by atoms with Crippen LogP contribution in [0.2, 0.25) is 5.02 Å². The lowest BCUT2D eigenvalue weighted by molar-refractivity contribution is -0.158. The zero-order valence-corrected chi connectivity index (χ0v) is 18.5. The number of carbonyl (C=O) groups is 2. The Hall–Kier alpha value is -3.31. The third-order valence-corrected chi connectivity index (χ3v) is 6.02. The highest BCUT2D eigenvalue weighted by Gasteiger charge is 2.62. The van der Waals surface area contributed by atoms with Crippen LogP contribution in [0.1, 0.15) is 29.7 Å². The van der Waals surface area contributed by atoms with Gasteiger partial charge in [-0.25, -0.2) is 9.59 Å². The van der Waals surface area contributed by atoms with Gasteiger partial charge >= 0.3 is 12.1 Å². The van der Waals surface area contributed by atoms with E-state index in [9.17, 15) is 9.59 Å². The fourth-order valence-corrected chi connectivity index (χ4v) is 4.42. The van der Waals surface area contributed by atoms with Crippen LogP contribution in [0.5, 0.6) is 0 Å². The summed E-state index contributed by atoms with van der Waals surface area (Å²) in [5.41, 5.74) is 0.914. The molecule has 1 unspecified atom stereocenters. The summed E-state index contributed by atoms with van der Waals surface area (Å²) in [6, 6.07) is 26.2. The van der Waals surface area contributed by atoms with Crippen molar-refractivity contribution in [3.05, 3.63) is 107 Å². The number of benzene rings is 3. The Morgan fingerprint density at radius 3 is 2.19 bits per heavy atom. The first-order valence-corrected chi connectivity index (χ1v) is 10.9. The Balaban J connectivity index is 1.89. The Kier molecular flexibility index (Phi) is 6.47. The molecule has 0 radical (unpaired) electrons. The zero-order valence-electron chi connectivity index (χ0n) is 17.7. The summed E-state index contributed by atoms with van der Waals surface area (Å²) in [6.45, 7) is 2.13. The van der Waals surface area contributed by atoms with Gasteiger partial charge in [-0.05, 0) is 24.1 Å². The number of hydrogen-bond acceptors (Lipinski definition) is 4. The second-order valence-electron chi connectivity index (χ2n) is 7.66. The molecule has 4 rings (SSSR count). The number of nitrogens with zero attached hydrogens (tertiary/aromatic N) is 1. The molecule has 0 N–H and O–H groups in total. The topological polar surface area (TPSA) is 55.8 Å². The predicted octanol–water partition coefficient (Wildman–Crippen LogP) is 5.58. The minimum absolute atomic E-state index is 0.179. The van der Waals surface area contributed by atoms with Crippen LogP contribution in [0, 0.1) is 0 Å². The molecule has 1 fully saturated rings. The average Bonchev–Trinajstić information content (AvgIpc) is 3.08. The van der Waals surface area contributed by atoms with E-state index in [1.54, 1.807) is 25.1 Å². The van der Waals surface area contributed by atoms with Crippen LogP contribution in [0.15, 0.2) is 84.9 Å². The largest absolute Gasteiger partial charge is 0.464 e. The normalized spacial score (nSPS) is 20.1. The SMILES string of the molecule is CCOC(=O)[C@@]1(Cc2ccccc2)C(c2ccccc2Cl)OC(=O)N1Cc1ccccc1. The van der Waals surface area contributed by atoms with E-state index in [0.717, 1.165) is 11.1 Å². The van der Waals surface area contributed by atoms with Crippen molar-refractivity contribution in [2.45, 2.75) is 31.5 Å². The maximum Gasteiger partial charge on any atom is 0.411 e. The lowest BCUT2D eigenvalue weighted by atomic mass is 9.81. The van der Waals surface area contributed by atoms with Gasteiger partial charge in [-0.15, -0.1) is 0 Å². The van der Waals surface area contributed by atoms with Crippen molar-refractivity contribution < 1.29 is 19.1 Å². The standard InChI is InChI=1S/C26H24ClNO4/c1-2-31-24(29)26(17-19-11-5-3-6-12-19)23(21-15-9-10-16-22(21)27)32-25(30)28(26)18-20-13-7-4-8-14-20/h3-16,23H,2,17-18H2,1H3/t23?,26-/m1/s1. The molecule has 5 nitrogen and oxygen atoms in total. The van der Waals surface area contributed by atoms with Crippen LogP contribution >= 0.6 is 11.6 Å². The number of carbonyl (C=O) groups excluding carboxylic acids is 2. The Morgan fingerprint density at radius 2 is 1.56 bits per heavy atom. The van der Waals surface area contributed by atoms with Crippen molar-refractivity contribution in [2.24, 2.45) is 0 Å². The van der Waals surface area contributed by atoms with E-state index in [1.807, 2.05) is 66.7 Å². The molecule has 1 saturated heterocycles. The molecule has 1 amide bonds. The fourth-order valence-electron chi connectivity index (χ4n) is 4.19. The monoisotopic (exact) mass is 449 g/mol. The van der Waals surface area contributed by atoms with Gasteiger partial charge < -0.3 is 9.47 Å². The van der Waals surface area contributed by atoms with E-state index in [2.05, 4.69) is 0 Å². The van der Waals surface area contributed by atoms with E-state index in [-0.39, 0.29) is 19.6 Å². The van der Waals surface area contributed by atoms with Crippen LogP contribution in [0.4, 0.5) is 4.79 Å². The summed E-state index contributed by atoms with van der Waals surface area (Å²) in [6.07, 6.45) is -1.28. The van der Waals surface area contributed by atoms with E-state index in [1.165, 1.54) is 4.90 Å². The van der Waals surface area contributed by atoms with Crippen molar-refractivity contribution in [1.82, 2.24) is 4.90 Å². The third kappa shape index (κ3) is 4.08. The molecule has 1 aliphatic rings. The first kappa shape index (κ1) is 21.9. The molecule has 1 heterocycles. The lowest BCUT2D eigenvalue weighted by Crippen LogP contribution is -2.56. The molecule has 3 aromatic rings. The van der Waals surface area contributed by atoms with Crippen molar-refractivity contribution >= 4 is 23.7 Å². The maximum atomic E-state index is 13.7. The number of ether oxygens (including phenoxy) is 2. The summed E-state index contributed by atoms with van der Waals surface area (Å²) < 4.78 is 11.4. The predicted molar refractivity (Wildman–Crippen MR) is 122 cm³/mol. The molecule has 2 atom stereocenters. The van der Waals surface area contributed by atoms with Crippen molar-refractivity contribution in [3.8, 4) is 0 Å². The molecule has 6 heteroatoms. The van der Waals surface area contributed by atoms with Crippen LogP contribution in [-0.2, 0) is 27.2 Å². The smallest absolute Gasteiger partial charge is 0.411 e. The van der Waals surface area contributed by atoms with E-state index in [0.29, 0.717) is 10.6 Å². The third-order valence-electron chi connectivity index (χ3n) is 5.67. The van der Waals surface area contributed by atoms with Gasteiger partial charge in [0.15, 0.2) is 11.6 Å². The minimum atomic E-state index is -1.42. The van der Waals surface area contributed by atoms with E-state index in [4.69, 9.17) is 21.1 Å². The maximum absolute atomic E-state index is 13.7. The highest BCUT2D eigenvalue weighted by molar-refractivity contribution is 6.31. The summed E-state index contributed by atoms with van der Waals surface area (Å²) in [4.78, 5) is 28.4. The molecule has 1 aliphatic heterocycles. The van der Waals surface area contributed by atoms with Gasteiger partial charge in [0.1, 0.15) is 0 Å². The number of cyclic esters (lactones) is 1. The van der Waals surface area contributed by atoms with Crippen LogP contribution in [0.25, 0.3) is 0 Å². The zero-order chi connectivity index (χ0) is 22.6. The van der Waals surface area contributed by atoms with Crippen molar-refractivity contribution in [2.75, 3.05) is 6.61 Å². The molecule has 0 aromatic heterocycles. The molecule has 0 bridgehead atoms. The summed E-state index contributed by atoms with van der Waals surface area (Å²) in [7, 11) is 0. The fraction of sp³-hybridized carbons (Fsp3) is 0.231. The Bertz CT molecular complexity index is 1090. The molecular weight excluding hydrogens is 426 g/mol. The highest BCUT2D eigenvalue weighted by atomic mass is 35.5. The van der Waals surface area contributed by atoms with Gasteiger partial charge in [0.2, 0.25) is 0 Å². The first-order valence-electron chi connectivity index (χ1n) is 10.5. The van der Waals surface area contributed by atoms with Gasteiger partial charge in [-0.1, -0.05) is 90.5 Å². The van der Waals surface area contributed by atoms with Crippen LogP contribution in [-0.4, -0.2) is 29.1 Å². The summed E-state index contributed by atoms with van der Waals surface area (Å²) in [5.74, 6) is -0.518. The van der Waals surface area contributed by atoms with Gasteiger partial charge in [-0.3, -0.25) is 4.90 Å². The van der Waals surface area contributed by atoms with Gasteiger partial charge in [0.05, 0.1) is 13.2 Å². The number of amides is 1. The van der Waals surface area contributed by atoms with Crippen LogP contribution < -0.4 is 0 Å². The lowest BCUT2D eigenvalue weighted by Gasteiger charge is -2.37. The second kappa shape index (κ2) is 9.45. The summed E-state index contributed by atoms with van der Waals surface area (Å²) in [5, 5.41) is 0.425. The number of rotatable bonds is 7. The van der Waals surface area contributed by atoms with Gasteiger partial charge in [0.25, 0.3) is 0 Å². The van der Waals surface area contributed by atoms with Gasteiger partial charge in [-0.2, -0.15) is 0 Å². The Morgan fingerprint density at radius 1 is 0.969 bits per heavy atom. The Labute approximate surface area is 192 Å².